The van der Waals surface area contributed by atoms with Crippen molar-refractivity contribution in [1.82, 2.24) is 0 Å². The van der Waals surface area contributed by atoms with E-state index < -0.39 is 41.1 Å². The number of alkyl halides is 1. The summed E-state index contributed by atoms with van der Waals surface area (Å²) in [6.45, 7) is 2.92. The smallest absolute Gasteiger partial charge is 0.190 e. The number of aliphatic hydroxyl groups excluding tert-OH is 2. The Labute approximate surface area is 158 Å². The molecule has 4 rings (SSSR count). The van der Waals surface area contributed by atoms with Gasteiger partial charge in [0.15, 0.2) is 11.6 Å². The van der Waals surface area contributed by atoms with Gasteiger partial charge in [-0.05, 0) is 55.2 Å². The molecule has 4 aliphatic carbocycles. The zero-order valence-corrected chi connectivity index (χ0v) is 15.7. The molecule has 8 atom stereocenters. The lowest BCUT2D eigenvalue weighted by molar-refractivity contribution is -0.180. The Bertz CT molecular complexity index is 760. The third-order valence-corrected chi connectivity index (χ3v) is 8.23. The second-order valence-electron chi connectivity index (χ2n) is 9.29. The lowest BCUT2D eigenvalue weighted by atomic mass is 9.46. The first-order chi connectivity index (χ1) is 12.6. The average Bonchev–Trinajstić information content (AvgIpc) is 2.87. The monoisotopic (exact) mass is 378 g/mol. The van der Waals surface area contributed by atoms with Gasteiger partial charge >= 0.3 is 0 Å². The normalized spacial score (nSPS) is 51.3. The fourth-order valence-electron chi connectivity index (χ4n) is 6.93. The highest BCUT2D eigenvalue weighted by Gasteiger charge is 2.68. The third kappa shape index (κ3) is 2.26. The van der Waals surface area contributed by atoms with Crippen molar-refractivity contribution in [1.29, 1.82) is 0 Å². The molecule has 3 saturated carbocycles. The standard InChI is InChI=1S/C21H27FO5/c1-19-5-3-11(24)7-14(19)15(22)8-12-13-4-6-21(27,17(26)10-23)20(13,2)9-16(25)18(12)19/h3,5,7,12-13,15-16,18,23,25,27H,4,6,8-10H2,1-2H3/t12?,13?,15?,16?,18?,19-,20-,21-/m0/s1. The number of allylic oxidation sites excluding steroid dienone is 4. The molecule has 0 aliphatic heterocycles. The summed E-state index contributed by atoms with van der Waals surface area (Å²) >= 11 is 0. The van der Waals surface area contributed by atoms with Gasteiger partial charge in [0.1, 0.15) is 18.4 Å². The Morgan fingerprint density at radius 3 is 2.74 bits per heavy atom. The number of aliphatic hydroxyl groups is 3. The van der Waals surface area contributed by atoms with Gasteiger partial charge in [-0.15, -0.1) is 0 Å². The van der Waals surface area contributed by atoms with Gasteiger partial charge in [-0.2, -0.15) is 0 Å². The average molecular weight is 378 g/mol. The molecule has 0 heterocycles. The predicted octanol–water partition coefficient (Wildman–Crippen LogP) is 1.51. The van der Waals surface area contributed by atoms with Gasteiger partial charge < -0.3 is 15.3 Å². The maximum Gasteiger partial charge on any atom is 0.190 e. The van der Waals surface area contributed by atoms with Gasteiger partial charge in [-0.25, -0.2) is 4.39 Å². The third-order valence-electron chi connectivity index (χ3n) is 8.23. The summed E-state index contributed by atoms with van der Waals surface area (Å²) in [6, 6.07) is 0. The van der Waals surface area contributed by atoms with Crippen molar-refractivity contribution >= 4 is 11.6 Å². The quantitative estimate of drug-likeness (QED) is 0.677. The van der Waals surface area contributed by atoms with Crippen molar-refractivity contribution in [3.63, 3.8) is 0 Å². The van der Waals surface area contributed by atoms with Crippen LogP contribution in [0.3, 0.4) is 0 Å². The van der Waals surface area contributed by atoms with Crippen molar-refractivity contribution in [2.75, 3.05) is 6.61 Å². The van der Waals surface area contributed by atoms with E-state index in [9.17, 15) is 24.9 Å². The van der Waals surface area contributed by atoms with Gasteiger partial charge in [0.25, 0.3) is 0 Å². The largest absolute Gasteiger partial charge is 0.393 e. The van der Waals surface area contributed by atoms with E-state index in [-0.39, 0.29) is 42.8 Å². The van der Waals surface area contributed by atoms with Gasteiger partial charge in [0.05, 0.1) is 6.10 Å². The fourth-order valence-corrected chi connectivity index (χ4v) is 6.93. The highest BCUT2D eigenvalue weighted by atomic mass is 19.1. The lowest BCUT2D eigenvalue weighted by Crippen LogP contribution is -2.62. The molecule has 6 heteroatoms. The Morgan fingerprint density at radius 1 is 1.37 bits per heavy atom. The lowest BCUT2D eigenvalue weighted by Gasteiger charge is -2.60. The molecule has 5 nitrogen and oxygen atoms in total. The van der Waals surface area contributed by atoms with Crippen LogP contribution >= 0.6 is 0 Å². The molecule has 0 saturated heterocycles. The van der Waals surface area contributed by atoms with Crippen LogP contribution in [0.2, 0.25) is 0 Å². The summed E-state index contributed by atoms with van der Waals surface area (Å²) < 4.78 is 15.1. The van der Waals surface area contributed by atoms with Crippen molar-refractivity contribution in [2.24, 2.45) is 28.6 Å². The Kier molecular flexibility index (Phi) is 4.09. The minimum atomic E-state index is -1.69. The fraction of sp³-hybridized carbons (Fsp3) is 0.714. The number of carbonyl (C=O) groups is 2. The first kappa shape index (κ1) is 19.0. The number of carbonyl (C=O) groups excluding carboxylic acids is 2. The maximum atomic E-state index is 15.1. The molecule has 5 unspecified atom stereocenters. The summed E-state index contributed by atoms with van der Waals surface area (Å²) in [5, 5.41) is 31.6. The van der Waals surface area contributed by atoms with Crippen LogP contribution in [0.4, 0.5) is 4.39 Å². The SMILES string of the molecule is C[C@]12C=CC(=O)C=C1C(F)CC1C2C(O)C[C@@]2(C)C1CC[C@]2(O)C(=O)CO. The van der Waals surface area contributed by atoms with E-state index in [2.05, 4.69) is 0 Å². The van der Waals surface area contributed by atoms with E-state index in [4.69, 9.17) is 0 Å². The van der Waals surface area contributed by atoms with Gasteiger partial charge in [-0.1, -0.05) is 19.9 Å². The highest BCUT2D eigenvalue weighted by Crippen LogP contribution is 2.67. The first-order valence-corrected chi connectivity index (χ1v) is 9.72. The van der Waals surface area contributed by atoms with Crippen molar-refractivity contribution in [3.8, 4) is 0 Å². The van der Waals surface area contributed by atoms with Crippen LogP contribution in [0.1, 0.15) is 39.5 Å². The Balaban J connectivity index is 1.78. The Morgan fingerprint density at radius 2 is 2.07 bits per heavy atom. The van der Waals surface area contributed by atoms with Gasteiger partial charge in [0, 0.05) is 16.7 Å². The zero-order valence-electron chi connectivity index (χ0n) is 15.7. The van der Waals surface area contributed by atoms with Crippen LogP contribution in [0.15, 0.2) is 23.8 Å². The van der Waals surface area contributed by atoms with E-state index in [0.717, 1.165) is 0 Å². The van der Waals surface area contributed by atoms with Crippen molar-refractivity contribution in [3.05, 3.63) is 23.8 Å². The molecule has 148 valence electrons. The number of hydrogen-bond donors (Lipinski definition) is 3. The van der Waals surface area contributed by atoms with E-state index in [1.165, 1.54) is 12.2 Å². The molecular weight excluding hydrogens is 351 g/mol. The summed E-state index contributed by atoms with van der Waals surface area (Å²) in [5.41, 5.74) is -2.92. The molecule has 27 heavy (non-hydrogen) atoms. The number of hydrogen-bond acceptors (Lipinski definition) is 5. The molecule has 0 bridgehead atoms. The number of rotatable bonds is 2. The highest BCUT2D eigenvalue weighted by molar-refractivity contribution is 6.01. The Hall–Kier alpha value is -1.37. The second-order valence-corrected chi connectivity index (χ2v) is 9.29. The molecule has 0 radical (unpaired) electrons. The van der Waals surface area contributed by atoms with E-state index in [0.29, 0.717) is 12.0 Å². The molecule has 0 aromatic rings. The molecule has 0 aromatic carbocycles. The van der Waals surface area contributed by atoms with Crippen molar-refractivity contribution < 1.29 is 29.3 Å². The van der Waals surface area contributed by atoms with E-state index in [1.54, 1.807) is 13.0 Å². The van der Waals surface area contributed by atoms with Crippen LogP contribution in [0.25, 0.3) is 0 Å². The second kappa shape index (κ2) is 5.82. The number of Topliss-reactive ketones (excluding diaryl/α,β-unsaturated/α-hetero) is 1. The molecule has 0 spiro atoms. The van der Waals surface area contributed by atoms with Crippen LogP contribution in [0.5, 0.6) is 0 Å². The van der Waals surface area contributed by atoms with Crippen LogP contribution in [0, 0.1) is 28.6 Å². The topological polar surface area (TPSA) is 94.8 Å². The molecule has 3 fully saturated rings. The summed E-state index contributed by atoms with van der Waals surface area (Å²) in [5.74, 6) is -1.48. The number of fused-ring (bicyclic) bond motifs is 5. The first-order valence-electron chi connectivity index (χ1n) is 9.72. The van der Waals surface area contributed by atoms with E-state index >= 15 is 4.39 Å². The molecule has 3 N–H and O–H groups in total. The zero-order chi connectivity index (χ0) is 19.8. The minimum Gasteiger partial charge on any atom is -0.393 e. The molecular formula is C21H27FO5. The van der Waals surface area contributed by atoms with E-state index in [1.807, 2.05) is 6.92 Å². The summed E-state index contributed by atoms with van der Waals surface area (Å²) in [7, 11) is 0. The molecule has 4 aliphatic rings. The summed E-state index contributed by atoms with van der Waals surface area (Å²) in [6.07, 6.45) is 3.55. The number of halogens is 1. The maximum absolute atomic E-state index is 15.1. The van der Waals surface area contributed by atoms with Crippen LogP contribution < -0.4 is 0 Å². The van der Waals surface area contributed by atoms with Crippen LogP contribution in [-0.4, -0.2) is 51.4 Å². The predicted molar refractivity (Wildman–Crippen MR) is 95.3 cm³/mol. The van der Waals surface area contributed by atoms with Gasteiger partial charge in [-0.3, -0.25) is 9.59 Å². The minimum absolute atomic E-state index is 0.131. The van der Waals surface area contributed by atoms with Gasteiger partial charge in [0.2, 0.25) is 0 Å². The molecule has 0 amide bonds. The van der Waals surface area contributed by atoms with Crippen LogP contribution in [-0.2, 0) is 9.59 Å². The summed E-state index contributed by atoms with van der Waals surface area (Å²) in [4.78, 5) is 24.1. The number of ketones is 2. The molecule has 0 aromatic heterocycles. The van der Waals surface area contributed by atoms with Crippen molar-refractivity contribution in [2.45, 2.75) is 57.4 Å².